The predicted octanol–water partition coefficient (Wildman–Crippen LogP) is 1.99. The molecule has 0 aromatic heterocycles. The van der Waals surface area contributed by atoms with Gasteiger partial charge in [0.15, 0.2) is 0 Å². The fraction of sp³-hybridized carbons (Fsp3) is 0.833. The lowest BCUT2D eigenvalue weighted by molar-refractivity contribution is -0.148. The highest BCUT2D eigenvalue weighted by molar-refractivity contribution is 7.99. The van der Waals surface area contributed by atoms with Crippen molar-refractivity contribution < 1.29 is 14.7 Å². The Kier molecular flexibility index (Phi) is 6.40. The second-order valence-corrected chi connectivity index (χ2v) is 5.52. The van der Waals surface area contributed by atoms with Gasteiger partial charge in [0.1, 0.15) is 6.04 Å². The molecule has 0 aliphatic carbocycles. The summed E-state index contributed by atoms with van der Waals surface area (Å²) in [6.07, 6.45) is 4.24. The molecule has 0 radical (unpaired) electrons. The van der Waals surface area contributed by atoms with E-state index in [-0.39, 0.29) is 5.91 Å². The van der Waals surface area contributed by atoms with Gasteiger partial charge >= 0.3 is 5.97 Å². The normalized spacial score (nSPS) is 19.6. The number of rotatable bonds is 7. The minimum Gasteiger partial charge on any atom is -0.480 e. The van der Waals surface area contributed by atoms with Crippen LogP contribution in [0.2, 0.25) is 0 Å². The van der Waals surface area contributed by atoms with E-state index < -0.39 is 12.0 Å². The average Bonchev–Trinajstić information content (AvgIpc) is 2.77. The molecule has 1 atom stereocenters. The number of carbonyl (C=O) groups is 2. The Bertz CT molecular complexity index is 270. The monoisotopic (exact) mass is 259 g/mol. The number of unbranched alkanes of at least 4 members (excludes halogenated alkanes) is 1. The summed E-state index contributed by atoms with van der Waals surface area (Å²) in [5.74, 6) is 1.03. The van der Waals surface area contributed by atoms with Crippen molar-refractivity contribution in [3.8, 4) is 0 Å². The number of amides is 1. The van der Waals surface area contributed by atoms with Crippen molar-refractivity contribution in [3.63, 3.8) is 0 Å². The maximum atomic E-state index is 11.8. The van der Waals surface area contributed by atoms with Crippen LogP contribution in [0.4, 0.5) is 0 Å². The first kappa shape index (κ1) is 14.4. The minimum atomic E-state index is -0.866. The largest absolute Gasteiger partial charge is 0.480 e. The molecule has 17 heavy (non-hydrogen) atoms. The van der Waals surface area contributed by atoms with Gasteiger partial charge in [-0.2, -0.15) is 11.8 Å². The van der Waals surface area contributed by atoms with Crippen molar-refractivity contribution in [2.45, 2.75) is 45.1 Å². The van der Waals surface area contributed by atoms with Crippen molar-refractivity contribution in [3.05, 3.63) is 0 Å². The van der Waals surface area contributed by atoms with Crippen molar-refractivity contribution in [1.29, 1.82) is 0 Å². The standard InChI is InChI=1S/C12H21NO3S/c1-2-3-8-17-9-6-11(14)13-7-4-5-10(13)12(15)16/h10H,2-9H2,1H3,(H,15,16). The van der Waals surface area contributed by atoms with Crippen LogP contribution in [0.1, 0.15) is 39.0 Å². The molecule has 1 rings (SSSR count). The number of hydrogen-bond acceptors (Lipinski definition) is 3. The molecule has 0 saturated carbocycles. The van der Waals surface area contributed by atoms with Gasteiger partial charge in [-0.25, -0.2) is 4.79 Å². The lowest BCUT2D eigenvalue weighted by Crippen LogP contribution is -2.40. The molecule has 4 nitrogen and oxygen atoms in total. The van der Waals surface area contributed by atoms with E-state index in [0.29, 0.717) is 19.4 Å². The smallest absolute Gasteiger partial charge is 0.326 e. The van der Waals surface area contributed by atoms with Gasteiger partial charge in [-0.3, -0.25) is 4.79 Å². The molecule has 1 heterocycles. The van der Waals surface area contributed by atoms with Crippen LogP contribution >= 0.6 is 11.8 Å². The maximum Gasteiger partial charge on any atom is 0.326 e. The molecule has 5 heteroatoms. The number of carbonyl (C=O) groups excluding carboxylic acids is 1. The lowest BCUT2D eigenvalue weighted by atomic mass is 10.2. The summed E-state index contributed by atoms with van der Waals surface area (Å²) in [7, 11) is 0. The summed E-state index contributed by atoms with van der Waals surface area (Å²) in [6, 6.07) is -0.580. The topological polar surface area (TPSA) is 57.6 Å². The molecule has 0 aromatic carbocycles. The van der Waals surface area contributed by atoms with Crippen LogP contribution in [-0.4, -0.2) is 46.0 Å². The van der Waals surface area contributed by atoms with Crippen LogP contribution in [-0.2, 0) is 9.59 Å². The van der Waals surface area contributed by atoms with Gasteiger partial charge in [-0.05, 0) is 25.0 Å². The van der Waals surface area contributed by atoms with E-state index in [1.807, 2.05) is 0 Å². The van der Waals surface area contributed by atoms with E-state index in [2.05, 4.69) is 6.92 Å². The maximum absolute atomic E-state index is 11.8. The van der Waals surface area contributed by atoms with Gasteiger partial charge < -0.3 is 10.0 Å². The van der Waals surface area contributed by atoms with Gasteiger partial charge in [0.2, 0.25) is 5.91 Å². The molecule has 98 valence electrons. The molecule has 1 amide bonds. The SMILES string of the molecule is CCCCSCCC(=O)N1CCCC1C(=O)O. The Morgan fingerprint density at radius 2 is 2.18 bits per heavy atom. The Balaban J connectivity index is 2.25. The van der Waals surface area contributed by atoms with E-state index in [4.69, 9.17) is 5.11 Å². The quantitative estimate of drug-likeness (QED) is 0.710. The van der Waals surface area contributed by atoms with E-state index in [9.17, 15) is 9.59 Å². The first-order valence-electron chi connectivity index (χ1n) is 6.26. The van der Waals surface area contributed by atoms with Gasteiger partial charge in [0.05, 0.1) is 0 Å². The fourth-order valence-electron chi connectivity index (χ4n) is 1.97. The Hall–Kier alpha value is -0.710. The molecule has 1 fully saturated rings. The molecule has 0 bridgehead atoms. The van der Waals surface area contributed by atoms with Crippen LogP contribution in [0.25, 0.3) is 0 Å². The van der Waals surface area contributed by atoms with Gasteiger partial charge in [-0.15, -0.1) is 0 Å². The van der Waals surface area contributed by atoms with Crippen molar-refractivity contribution >= 4 is 23.6 Å². The Morgan fingerprint density at radius 3 is 2.82 bits per heavy atom. The number of carboxylic acids is 1. The summed E-state index contributed by atoms with van der Waals surface area (Å²) in [4.78, 5) is 24.3. The molecule has 1 aliphatic rings. The van der Waals surface area contributed by atoms with E-state index in [1.54, 1.807) is 11.8 Å². The second-order valence-electron chi connectivity index (χ2n) is 4.30. The second kappa shape index (κ2) is 7.58. The highest BCUT2D eigenvalue weighted by Gasteiger charge is 2.33. The molecule has 1 unspecified atom stereocenters. The third kappa shape index (κ3) is 4.58. The number of thioether (sulfide) groups is 1. The van der Waals surface area contributed by atoms with Crippen molar-refractivity contribution in [1.82, 2.24) is 4.90 Å². The molecule has 1 N–H and O–H groups in total. The van der Waals surface area contributed by atoms with Gasteiger partial charge in [0, 0.05) is 18.7 Å². The summed E-state index contributed by atoms with van der Waals surface area (Å²) in [6.45, 7) is 2.75. The van der Waals surface area contributed by atoms with Crippen LogP contribution in [0.5, 0.6) is 0 Å². The highest BCUT2D eigenvalue weighted by atomic mass is 32.2. The number of nitrogens with zero attached hydrogens (tertiary/aromatic N) is 1. The molecule has 0 aromatic rings. The molecule has 0 spiro atoms. The highest BCUT2D eigenvalue weighted by Crippen LogP contribution is 2.19. The van der Waals surface area contributed by atoms with Gasteiger partial charge in [0.25, 0.3) is 0 Å². The van der Waals surface area contributed by atoms with Crippen LogP contribution in [0, 0.1) is 0 Å². The van der Waals surface area contributed by atoms with E-state index >= 15 is 0 Å². The average molecular weight is 259 g/mol. The number of aliphatic carboxylic acids is 1. The van der Waals surface area contributed by atoms with E-state index in [0.717, 1.165) is 17.9 Å². The fourth-order valence-corrected chi connectivity index (χ4v) is 2.99. The zero-order chi connectivity index (χ0) is 12.7. The molecular formula is C12H21NO3S. The summed E-state index contributed by atoms with van der Waals surface area (Å²) < 4.78 is 0. The zero-order valence-electron chi connectivity index (χ0n) is 10.4. The lowest BCUT2D eigenvalue weighted by Gasteiger charge is -2.21. The summed E-state index contributed by atoms with van der Waals surface area (Å²) in [5, 5.41) is 8.98. The van der Waals surface area contributed by atoms with Crippen LogP contribution in [0.15, 0.2) is 0 Å². The van der Waals surface area contributed by atoms with Crippen LogP contribution < -0.4 is 0 Å². The third-order valence-electron chi connectivity index (χ3n) is 2.96. The van der Waals surface area contributed by atoms with Crippen LogP contribution in [0.3, 0.4) is 0 Å². The van der Waals surface area contributed by atoms with E-state index in [1.165, 1.54) is 17.7 Å². The Morgan fingerprint density at radius 1 is 1.41 bits per heavy atom. The molecule has 1 aliphatic heterocycles. The number of carboxylic acid groups (broad SMARTS) is 1. The van der Waals surface area contributed by atoms with Crippen molar-refractivity contribution in [2.75, 3.05) is 18.1 Å². The zero-order valence-corrected chi connectivity index (χ0v) is 11.2. The number of hydrogen-bond donors (Lipinski definition) is 1. The van der Waals surface area contributed by atoms with Gasteiger partial charge in [-0.1, -0.05) is 13.3 Å². The summed E-state index contributed by atoms with van der Waals surface area (Å²) in [5.41, 5.74) is 0. The Labute approximate surface area is 107 Å². The molecule has 1 saturated heterocycles. The third-order valence-corrected chi connectivity index (χ3v) is 4.03. The number of likely N-dealkylation sites (tertiary alicyclic amines) is 1. The first-order chi connectivity index (χ1) is 8.16. The van der Waals surface area contributed by atoms with Crippen molar-refractivity contribution in [2.24, 2.45) is 0 Å². The predicted molar refractivity (Wildman–Crippen MR) is 69.2 cm³/mol. The first-order valence-corrected chi connectivity index (χ1v) is 7.42. The minimum absolute atomic E-state index is 0.00102. The molecular weight excluding hydrogens is 238 g/mol. The summed E-state index contributed by atoms with van der Waals surface area (Å²) >= 11 is 1.78.